The third-order valence-corrected chi connectivity index (χ3v) is 4.10. The third kappa shape index (κ3) is 2.05. The molecular formula is C15H17N5O2. The topological polar surface area (TPSA) is 68.7 Å². The zero-order valence-electron chi connectivity index (χ0n) is 12.6. The van der Waals surface area contributed by atoms with Gasteiger partial charge in [0.25, 0.3) is 5.78 Å². The molecule has 7 nitrogen and oxygen atoms in total. The smallest absolute Gasteiger partial charge is 0.254 e. The molecule has 1 unspecified atom stereocenters. The van der Waals surface area contributed by atoms with E-state index in [4.69, 9.17) is 9.15 Å². The monoisotopic (exact) mass is 299 g/mol. The Morgan fingerprint density at radius 1 is 1.32 bits per heavy atom. The lowest BCUT2D eigenvalue weighted by Crippen LogP contribution is -2.40. The van der Waals surface area contributed by atoms with Crippen LogP contribution in [0.4, 0.5) is 5.82 Å². The third-order valence-electron chi connectivity index (χ3n) is 4.10. The normalized spacial score (nSPS) is 19.0. The van der Waals surface area contributed by atoms with Crippen LogP contribution in [0.5, 0.6) is 0 Å². The maximum absolute atomic E-state index is 5.84. The number of anilines is 1. The summed E-state index contributed by atoms with van der Waals surface area (Å²) in [4.78, 5) is 10.9. The van der Waals surface area contributed by atoms with Gasteiger partial charge in [-0.15, -0.1) is 0 Å². The quantitative estimate of drug-likeness (QED) is 0.720. The molecule has 3 aromatic rings. The number of ether oxygens (including phenoxy) is 1. The molecule has 4 heterocycles. The first-order chi connectivity index (χ1) is 10.7. The molecule has 0 aliphatic carbocycles. The second-order valence-electron chi connectivity index (χ2n) is 5.44. The summed E-state index contributed by atoms with van der Waals surface area (Å²) in [7, 11) is 0. The van der Waals surface area contributed by atoms with E-state index >= 15 is 0 Å². The lowest BCUT2D eigenvalue weighted by atomic mass is 10.2. The summed E-state index contributed by atoms with van der Waals surface area (Å²) in [6.07, 6.45) is 3.14. The largest absolute Gasteiger partial charge is 0.467 e. The number of hydrogen-bond donors (Lipinski definition) is 0. The fourth-order valence-electron chi connectivity index (χ4n) is 2.87. The number of aromatic nitrogens is 4. The van der Waals surface area contributed by atoms with Crippen molar-refractivity contribution in [2.45, 2.75) is 20.0 Å². The predicted octanol–water partition coefficient (Wildman–Crippen LogP) is 1.91. The van der Waals surface area contributed by atoms with Crippen LogP contribution in [0.25, 0.3) is 5.78 Å². The molecule has 0 amide bonds. The van der Waals surface area contributed by atoms with Crippen LogP contribution >= 0.6 is 0 Å². The van der Waals surface area contributed by atoms with Crippen molar-refractivity contribution in [3.05, 3.63) is 41.7 Å². The Bertz CT molecular complexity index is 796. The van der Waals surface area contributed by atoms with E-state index in [9.17, 15) is 0 Å². The summed E-state index contributed by atoms with van der Waals surface area (Å²) < 4.78 is 13.1. The second kappa shape index (κ2) is 5.10. The highest BCUT2D eigenvalue weighted by Gasteiger charge is 2.27. The van der Waals surface area contributed by atoms with Gasteiger partial charge < -0.3 is 14.1 Å². The highest BCUT2D eigenvalue weighted by molar-refractivity contribution is 5.54. The van der Waals surface area contributed by atoms with E-state index in [2.05, 4.69) is 26.9 Å². The van der Waals surface area contributed by atoms with Gasteiger partial charge in [0.15, 0.2) is 0 Å². The van der Waals surface area contributed by atoms with Crippen LogP contribution < -0.4 is 4.90 Å². The minimum Gasteiger partial charge on any atom is -0.467 e. The summed E-state index contributed by atoms with van der Waals surface area (Å²) in [5.74, 6) is 2.50. The van der Waals surface area contributed by atoms with Crippen LogP contribution in [-0.2, 0) is 4.74 Å². The molecule has 0 radical (unpaired) electrons. The molecule has 0 saturated carbocycles. The minimum absolute atomic E-state index is 0.0739. The average Bonchev–Trinajstić information content (AvgIpc) is 3.19. The number of hydrogen-bond acceptors (Lipinski definition) is 6. The molecule has 0 bridgehead atoms. The molecule has 0 N–H and O–H groups in total. The fourth-order valence-corrected chi connectivity index (χ4v) is 2.87. The maximum Gasteiger partial charge on any atom is 0.254 e. The zero-order valence-corrected chi connectivity index (χ0v) is 12.6. The van der Waals surface area contributed by atoms with Crippen LogP contribution in [0.15, 0.2) is 29.1 Å². The van der Waals surface area contributed by atoms with E-state index in [0.717, 1.165) is 29.4 Å². The van der Waals surface area contributed by atoms with Crippen molar-refractivity contribution in [3.63, 3.8) is 0 Å². The van der Waals surface area contributed by atoms with E-state index in [1.807, 2.05) is 19.1 Å². The van der Waals surface area contributed by atoms with Crippen molar-refractivity contribution in [3.8, 4) is 0 Å². The van der Waals surface area contributed by atoms with Crippen molar-refractivity contribution < 1.29 is 9.15 Å². The summed E-state index contributed by atoms with van der Waals surface area (Å²) in [5.41, 5.74) is 2.08. The molecule has 22 heavy (non-hydrogen) atoms. The SMILES string of the molecule is Cc1nc2ncnn2c(N2CCOC(c3ccco3)C2)c1C. The Kier molecular flexibility index (Phi) is 3.07. The Labute approximate surface area is 127 Å². The Hall–Kier alpha value is -2.41. The average molecular weight is 299 g/mol. The number of fused-ring (bicyclic) bond motifs is 1. The molecule has 0 spiro atoms. The fraction of sp³-hybridized carbons (Fsp3) is 0.400. The number of nitrogens with zero attached hydrogens (tertiary/aromatic N) is 5. The van der Waals surface area contributed by atoms with Crippen LogP contribution in [-0.4, -0.2) is 39.3 Å². The number of furan rings is 1. The minimum atomic E-state index is -0.0739. The van der Waals surface area contributed by atoms with Gasteiger partial charge in [-0.25, -0.2) is 4.98 Å². The van der Waals surface area contributed by atoms with Gasteiger partial charge in [-0.1, -0.05) is 0 Å². The molecule has 1 aliphatic heterocycles. The van der Waals surface area contributed by atoms with E-state index < -0.39 is 0 Å². The molecule has 114 valence electrons. The van der Waals surface area contributed by atoms with Crippen LogP contribution in [0.1, 0.15) is 23.1 Å². The van der Waals surface area contributed by atoms with Gasteiger partial charge in [0.2, 0.25) is 0 Å². The predicted molar refractivity (Wildman–Crippen MR) is 79.9 cm³/mol. The highest BCUT2D eigenvalue weighted by atomic mass is 16.5. The van der Waals surface area contributed by atoms with E-state index in [1.54, 1.807) is 10.8 Å². The molecule has 1 aliphatic rings. The Balaban J connectivity index is 1.75. The first-order valence-electron chi connectivity index (χ1n) is 7.31. The molecule has 3 aromatic heterocycles. The number of rotatable bonds is 2. The van der Waals surface area contributed by atoms with Crippen LogP contribution in [0, 0.1) is 13.8 Å². The Morgan fingerprint density at radius 3 is 3.05 bits per heavy atom. The van der Waals surface area contributed by atoms with Crippen molar-refractivity contribution in [2.75, 3.05) is 24.6 Å². The summed E-state index contributed by atoms with van der Waals surface area (Å²) in [6, 6.07) is 3.83. The van der Waals surface area contributed by atoms with Gasteiger partial charge in [0, 0.05) is 17.8 Å². The molecule has 1 fully saturated rings. The van der Waals surface area contributed by atoms with Crippen molar-refractivity contribution in [2.24, 2.45) is 0 Å². The van der Waals surface area contributed by atoms with E-state index in [0.29, 0.717) is 18.9 Å². The molecular weight excluding hydrogens is 282 g/mol. The number of aryl methyl sites for hydroxylation is 1. The van der Waals surface area contributed by atoms with Crippen molar-refractivity contribution in [1.82, 2.24) is 19.6 Å². The van der Waals surface area contributed by atoms with Gasteiger partial charge in [-0.2, -0.15) is 14.6 Å². The molecule has 4 rings (SSSR count). The molecule has 0 aromatic carbocycles. The van der Waals surface area contributed by atoms with Gasteiger partial charge >= 0.3 is 0 Å². The first kappa shape index (κ1) is 13.3. The van der Waals surface area contributed by atoms with Gasteiger partial charge in [-0.3, -0.25) is 0 Å². The van der Waals surface area contributed by atoms with Crippen LogP contribution in [0.3, 0.4) is 0 Å². The second-order valence-corrected chi connectivity index (χ2v) is 5.44. The lowest BCUT2D eigenvalue weighted by molar-refractivity contribution is 0.0253. The first-order valence-corrected chi connectivity index (χ1v) is 7.31. The van der Waals surface area contributed by atoms with E-state index in [-0.39, 0.29) is 6.10 Å². The molecule has 1 saturated heterocycles. The zero-order chi connectivity index (χ0) is 15.1. The summed E-state index contributed by atoms with van der Waals surface area (Å²) in [5, 5.41) is 4.32. The van der Waals surface area contributed by atoms with Gasteiger partial charge in [-0.05, 0) is 26.0 Å². The molecule has 1 atom stereocenters. The standard InChI is InChI=1S/C15H17N5O2/c1-10-11(2)18-15-16-9-17-20(15)14(10)19-5-7-22-13(8-19)12-4-3-6-21-12/h3-4,6,9,13H,5,7-8H2,1-2H3. The summed E-state index contributed by atoms with van der Waals surface area (Å²) >= 11 is 0. The Morgan fingerprint density at radius 2 is 2.23 bits per heavy atom. The highest BCUT2D eigenvalue weighted by Crippen LogP contribution is 2.29. The van der Waals surface area contributed by atoms with Gasteiger partial charge in [0.05, 0.1) is 19.4 Å². The maximum atomic E-state index is 5.84. The van der Waals surface area contributed by atoms with Crippen molar-refractivity contribution >= 4 is 11.6 Å². The molecule has 7 heteroatoms. The van der Waals surface area contributed by atoms with Gasteiger partial charge in [0.1, 0.15) is 24.0 Å². The summed E-state index contributed by atoms with van der Waals surface area (Å²) in [6.45, 7) is 6.22. The lowest BCUT2D eigenvalue weighted by Gasteiger charge is -2.34. The van der Waals surface area contributed by atoms with Crippen molar-refractivity contribution in [1.29, 1.82) is 0 Å². The number of morpholine rings is 1. The van der Waals surface area contributed by atoms with E-state index in [1.165, 1.54) is 6.33 Å². The van der Waals surface area contributed by atoms with Crippen LogP contribution in [0.2, 0.25) is 0 Å².